The number of nitrogen functional groups attached to an aromatic ring is 1. The Labute approximate surface area is 124 Å². The van der Waals surface area contributed by atoms with Gasteiger partial charge < -0.3 is 5.73 Å². The molecule has 3 aromatic rings. The van der Waals surface area contributed by atoms with Gasteiger partial charge in [0.2, 0.25) is 0 Å². The van der Waals surface area contributed by atoms with E-state index in [0.717, 1.165) is 32.0 Å². The number of aromatic nitrogens is 1. The van der Waals surface area contributed by atoms with Gasteiger partial charge >= 0.3 is 0 Å². The number of anilines is 1. The lowest BCUT2D eigenvalue weighted by atomic mass is 10.2. The topological polar surface area (TPSA) is 38.9 Å². The summed E-state index contributed by atoms with van der Waals surface area (Å²) in [4.78, 5) is 4.69. The van der Waals surface area contributed by atoms with Gasteiger partial charge in [0.1, 0.15) is 5.01 Å². The van der Waals surface area contributed by atoms with Crippen LogP contribution in [0, 0.1) is 0 Å². The molecule has 2 nitrogen and oxygen atoms in total. The average molecular weight is 331 g/mol. The van der Waals surface area contributed by atoms with Gasteiger partial charge in [-0.3, -0.25) is 0 Å². The van der Waals surface area contributed by atoms with Crippen molar-refractivity contribution in [3.8, 4) is 21.8 Å². The minimum Gasteiger partial charge on any atom is -0.399 e. The number of halogens is 1. The molecule has 0 bridgehead atoms. The Morgan fingerprint density at radius 1 is 1.00 bits per heavy atom. The van der Waals surface area contributed by atoms with Crippen LogP contribution in [0.15, 0.2) is 58.4 Å². The van der Waals surface area contributed by atoms with E-state index in [4.69, 9.17) is 5.73 Å². The van der Waals surface area contributed by atoms with Crippen molar-refractivity contribution < 1.29 is 0 Å². The van der Waals surface area contributed by atoms with Crippen molar-refractivity contribution in [1.29, 1.82) is 0 Å². The molecule has 0 fully saturated rings. The molecule has 0 saturated heterocycles. The van der Waals surface area contributed by atoms with E-state index >= 15 is 0 Å². The first-order chi connectivity index (χ1) is 9.24. The summed E-state index contributed by atoms with van der Waals surface area (Å²) in [5.74, 6) is 0. The predicted molar refractivity (Wildman–Crippen MR) is 85.1 cm³/mol. The highest BCUT2D eigenvalue weighted by Gasteiger charge is 2.08. The SMILES string of the molecule is Nc1ccc(-c2nc(-c3ccccc3Br)cs2)cc1. The lowest BCUT2D eigenvalue weighted by molar-refractivity contribution is 1.39. The summed E-state index contributed by atoms with van der Waals surface area (Å²) in [6.07, 6.45) is 0. The Bertz CT molecular complexity index is 704. The highest BCUT2D eigenvalue weighted by atomic mass is 79.9. The van der Waals surface area contributed by atoms with Crippen LogP contribution in [-0.4, -0.2) is 4.98 Å². The second kappa shape index (κ2) is 5.15. The van der Waals surface area contributed by atoms with Crippen LogP contribution in [-0.2, 0) is 0 Å². The Kier molecular flexibility index (Phi) is 3.36. The quantitative estimate of drug-likeness (QED) is 0.684. The number of thiazole rings is 1. The molecule has 0 aliphatic rings. The highest BCUT2D eigenvalue weighted by molar-refractivity contribution is 9.10. The molecule has 1 heterocycles. The standard InChI is InChI=1S/C15H11BrN2S/c16-13-4-2-1-3-12(13)14-9-19-15(18-14)10-5-7-11(17)8-6-10/h1-9H,17H2. The molecular weight excluding hydrogens is 320 g/mol. The van der Waals surface area contributed by atoms with Gasteiger partial charge in [0, 0.05) is 26.7 Å². The summed E-state index contributed by atoms with van der Waals surface area (Å²) in [7, 11) is 0. The number of benzene rings is 2. The van der Waals surface area contributed by atoms with Crippen molar-refractivity contribution >= 4 is 33.0 Å². The van der Waals surface area contributed by atoms with Crippen LogP contribution in [0.5, 0.6) is 0 Å². The molecule has 0 spiro atoms. The molecule has 0 amide bonds. The van der Waals surface area contributed by atoms with Crippen molar-refractivity contribution in [2.45, 2.75) is 0 Å². The van der Waals surface area contributed by atoms with Gasteiger partial charge in [0.05, 0.1) is 5.69 Å². The van der Waals surface area contributed by atoms with E-state index in [1.165, 1.54) is 0 Å². The molecule has 94 valence electrons. The molecule has 4 heteroatoms. The Balaban J connectivity index is 2.00. The number of nitrogens with two attached hydrogens (primary N) is 1. The first-order valence-electron chi connectivity index (χ1n) is 5.80. The highest BCUT2D eigenvalue weighted by Crippen LogP contribution is 2.32. The van der Waals surface area contributed by atoms with Gasteiger partial charge in [-0.2, -0.15) is 0 Å². The molecule has 0 radical (unpaired) electrons. The molecule has 0 aliphatic carbocycles. The van der Waals surface area contributed by atoms with Crippen LogP contribution >= 0.6 is 27.3 Å². The molecule has 0 saturated carbocycles. The van der Waals surface area contributed by atoms with Crippen molar-refractivity contribution in [3.05, 3.63) is 58.4 Å². The fourth-order valence-electron chi connectivity index (χ4n) is 1.82. The minimum absolute atomic E-state index is 0.770. The second-order valence-corrected chi connectivity index (χ2v) is 5.85. The summed E-state index contributed by atoms with van der Waals surface area (Å²) >= 11 is 5.20. The van der Waals surface area contributed by atoms with Crippen LogP contribution < -0.4 is 5.73 Å². The van der Waals surface area contributed by atoms with Crippen LogP contribution in [0.2, 0.25) is 0 Å². The molecule has 2 N–H and O–H groups in total. The zero-order valence-electron chi connectivity index (χ0n) is 10.0. The zero-order chi connectivity index (χ0) is 13.2. The largest absolute Gasteiger partial charge is 0.399 e. The third-order valence-corrected chi connectivity index (χ3v) is 4.39. The van der Waals surface area contributed by atoms with E-state index in [-0.39, 0.29) is 0 Å². The van der Waals surface area contributed by atoms with Gasteiger partial charge in [-0.05, 0) is 30.3 Å². The molecule has 0 unspecified atom stereocenters. The number of nitrogens with zero attached hydrogens (tertiary/aromatic N) is 1. The van der Waals surface area contributed by atoms with E-state index in [9.17, 15) is 0 Å². The van der Waals surface area contributed by atoms with Crippen LogP contribution in [0.3, 0.4) is 0 Å². The molecule has 1 aromatic heterocycles. The van der Waals surface area contributed by atoms with Crippen LogP contribution in [0.25, 0.3) is 21.8 Å². The van der Waals surface area contributed by atoms with E-state index in [0.29, 0.717) is 0 Å². The Morgan fingerprint density at radius 2 is 1.74 bits per heavy atom. The van der Waals surface area contributed by atoms with Crippen molar-refractivity contribution in [1.82, 2.24) is 4.98 Å². The maximum Gasteiger partial charge on any atom is 0.124 e. The van der Waals surface area contributed by atoms with E-state index in [1.807, 2.05) is 42.5 Å². The average Bonchev–Trinajstić information content (AvgIpc) is 2.89. The summed E-state index contributed by atoms with van der Waals surface area (Å²) < 4.78 is 1.06. The molecular formula is C15H11BrN2S. The van der Waals surface area contributed by atoms with Crippen molar-refractivity contribution in [3.63, 3.8) is 0 Å². The molecule has 0 atom stereocenters. The Hall–Kier alpha value is -1.65. The zero-order valence-corrected chi connectivity index (χ0v) is 12.4. The van der Waals surface area contributed by atoms with Crippen LogP contribution in [0.1, 0.15) is 0 Å². The van der Waals surface area contributed by atoms with E-state index in [1.54, 1.807) is 11.3 Å². The number of hydrogen-bond donors (Lipinski definition) is 1. The fraction of sp³-hybridized carbons (Fsp3) is 0. The molecule has 3 rings (SSSR count). The van der Waals surface area contributed by atoms with Crippen LogP contribution in [0.4, 0.5) is 5.69 Å². The minimum atomic E-state index is 0.770. The first kappa shape index (κ1) is 12.4. The molecule has 2 aromatic carbocycles. The smallest absolute Gasteiger partial charge is 0.124 e. The van der Waals surface area contributed by atoms with Crippen molar-refractivity contribution in [2.75, 3.05) is 5.73 Å². The third-order valence-electron chi connectivity index (χ3n) is 2.81. The van der Waals surface area contributed by atoms with Gasteiger partial charge in [-0.1, -0.05) is 34.1 Å². The number of rotatable bonds is 2. The van der Waals surface area contributed by atoms with Gasteiger partial charge in [0.25, 0.3) is 0 Å². The summed E-state index contributed by atoms with van der Waals surface area (Å²) in [5, 5.41) is 3.08. The maximum absolute atomic E-state index is 5.70. The van der Waals surface area contributed by atoms with Gasteiger partial charge in [-0.25, -0.2) is 4.98 Å². The second-order valence-electron chi connectivity index (χ2n) is 4.14. The van der Waals surface area contributed by atoms with Gasteiger partial charge in [-0.15, -0.1) is 11.3 Å². The summed E-state index contributed by atoms with van der Waals surface area (Å²) in [5.41, 5.74) is 9.66. The van der Waals surface area contributed by atoms with Gasteiger partial charge in [0.15, 0.2) is 0 Å². The summed E-state index contributed by atoms with van der Waals surface area (Å²) in [6.45, 7) is 0. The maximum atomic E-state index is 5.70. The fourth-order valence-corrected chi connectivity index (χ4v) is 3.14. The number of hydrogen-bond acceptors (Lipinski definition) is 3. The van der Waals surface area contributed by atoms with Crippen molar-refractivity contribution in [2.24, 2.45) is 0 Å². The monoisotopic (exact) mass is 330 g/mol. The molecule has 0 aliphatic heterocycles. The third kappa shape index (κ3) is 2.55. The molecule has 19 heavy (non-hydrogen) atoms. The Morgan fingerprint density at radius 3 is 2.47 bits per heavy atom. The predicted octanol–water partition coefficient (Wildman–Crippen LogP) is 4.82. The normalized spacial score (nSPS) is 10.6. The van der Waals surface area contributed by atoms with E-state index < -0.39 is 0 Å². The lowest BCUT2D eigenvalue weighted by Gasteiger charge is -2.00. The lowest BCUT2D eigenvalue weighted by Crippen LogP contribution is -1.84. The summed E-state index contributed by atoms with van der Waals surface area (Å²) in [6, 6.07) is 15.9. The van der Waals surface area contributed by atoms with E-state index in [2.05, 4.69) is 32.4 Å². The first-order valence-corrected chi connectivity index (χ1v) is 7.47.